The Morgan fingerprint density at radius 3 is 2.50 bits per heavy atom. The highest BCUT2D eigenvalue weighted by atomic mass is 16.5. The van der Waals surface area contributed by atoms with Crippen LogP contribution in [0.1, 0.15) is 0 Å². The van der Waals surface area contributed by atoms with Crippen LogP contribution in [0.25, 0.3) is 22.0 Å². The summed E-state index contributed by atoms with van der Waals surface area (Å²) in [5.74, 6) is 2.41. The van der Waals surface area contributed by atoms with Crippen LogP contribution in [0.3, 0.4) is 0 Å². The average molecular weight is 370 g/mol. The first-order chi connectivity index (χ1) is 13.8. The molecule has 0 atom stereocenters. The summed E-state index contributed by atoms with van der Waals surface area (Å²) in [6.07, 6.45) is 6.32. The number of pyridine rings is 1. The van der Waals surface area contributed by atoms with E-state index in [9.17, 15) is 0 Å². The number of hydrogen-bond acceptors (Lipinski definition) is 6. The van der Waals surface area contributed by atoms with E-state index in [0.29, 0.717) is 17.2 Å². The number of aromatic amines is 1. The summed E-state index contributed by atoms with van der Waals surface area (Å²) >= 11 is 0. The van der Waals surface area contributed by atoms with Gasteiger partial charge in [0.2, 0.25) is 0 Å². The Bertz CT molecular complexity index is 1150. The van der Waals surface area contributed by atoms with Crippen molar-refractivity contribution in [2.75, 3.05) is 5.73 Å². The van der Waals surface area contributed by atoms with Gasteiger partial charge in [-0.05, 0) is 42.1 Å². The summed E-state index contributed by atoms with van der Waals surface area (Å²) in [7, 11) is 0. The first-order valence-electron chi connectivity index (χ1n) is 8.63. The fraction of sp³-hybridized carbons (Fsp3) is 0. The normalized spacial score (nSPS) is 11.6. The van der Waals surface area contributed by atoms with Gasteiger partial charge in [0.05, 0.1) is 5.39 Å². The number of anilines is 1. The molecule has 0 unspecified atom stereocenters. The smallest absolute Gasteiger partial charge is 0.178 e. The molecule has 0 saturated heterocycles. The molecule has 4 aromatic rings. The first-order valence-corrected chi connectivity index (χ1v) is 8.63. The molecule has 0 bridgehead atoms. The average Bonchev–Trinajstić information content (AvgIpc) is 3.12. The van der Waals surface area contributed by atoms with Crippen molar-refractivity contribution in [3.8, 4) is 22.6 Å². The summed E-state index contributed by atoms with van der Waals surface area (Å²) in [6.45, 7) is 0. The summed E-state index contributed by atoms with van der Waals surface area (Å²) in [5.41, 5.74) is 13.9. The maximum Gasteiger partial charge on any atom is 0.178 e. The van der Waals surface area contributed by atoms with Crippen LogP contribution in [0.2, 0.25) is 0 Å². The zero-order chi connectivity index (χ0) is 19.3. The Balaban J connectivity index is 1.69. The Morgan fingerprint density at radius 2 is 1.75 bits per heavy atom. The summed E-state index contributed by atoms with van der Waals surface area (Å²) in [6, 6.07) is 17.4. The van der Waals surface area contributed by atoms with E-state index in [1.165, 1.54) is 6.20 Å². The van der Waals surface area contributed by atoms with E-state index in [4.69, 9.17) is 16.2 Å². The highest BCUT2D eigenvalue weighted by molar-refractivity contribution is 6.05. The SMILES string of the molecule is NC=CC=Nc1ncc(-c2ccc(Oc3ccccc3)cc2)c2c(N)n[nH]c12. The van der Waals surface area contributed by atoms with E-state index in [0.717, 1.165) is 28.0 Å². The van der Waals surface area contributed by atoms with Gasteiger partial charge in [0, 0.05) is 18.0 Å². The molecule has 0 amide bonds. The second kappa shape index (κ2) is 7.63. The molecular formula is C21H18N6O. The molecule has 138 valence electrons. The number of H-pyrrole nitrogens is 1. The maximum absolute atomic E-state index is 6.09. The fourth-order valence-corrected chi connectivity index (χ4v) is 2.85. The number of aromatic nitrogens is 3. The summed E-state index contributed by atoms with van der Waals surface area (Å²) < 4.78 is 5.84. The Kier molecular flexibility index (Phi) is 4.71. The molecule has 4 rings (SSSR count). The number of hydrogen-bond donors (Lipinski definition) is 3. The number of ether oxygens (including phenoxy) is 1. The highest BCUT2D eigenvalue weighted by Crippen LogP contribution is 2.35. The highest BCUT2D eigenvalue weighted by Gasteiger charge is 2.14. The van der Waals surface area contributed by atoms with E-state index >= 15 is 0 Å². The summed E-state index contributed by atoms with van der Waals surface area (Å²) in [5, 5.41) is 7.80. The molecule has 0 aliphatic heterocycles. The molecule has 0 aliphatic rings. The first kappa shape index (κ1) is 17.3. The lowest BCUT2D eigenvalue weighted by atomic mass is 10.0. The molecule has 7 nitrogen and oxygen atoms in total. The monoisotopic (exact) mass is 370 g/mol. The Hall–Kier alpha value is -4.13. The molecule has 2 heterocycles. The third kappa shape index (κ3) is 3.41. The van der Waals surface area contributed by atoms with Crippen LogP contribution < -0.4 is 16.2 Å². The van der Waals surface area contributed by atoms with Gasteiger partial charge in [-0.25, -0.2) is 9.98 Å². The predicted octanol–water partition coefficient (Wildman–Crippen LogP) is 4.17. The van der Waals surface area contributed by atoms with Crippen molar-refractivity contribution in [3.05, 3.63) is 73.1 Å². The van der Waals surface area contributed by atoms with Crippen molar-refractivity contribution in [1.29, 1.82) is 0 Å². The standard InChI is InChI=1S/C21H18N6O/c22-11-4-12-24-21-19-18(20(23)27-26-19)17(13-25-21)14-7-9-16(10-8-14)28-15-5-2-1-3-6-15/h1-13H,22H2,(H3,23,26,27). The summed E-state index contributed by atoms with van der Waals surface area (Å²) in [4.78, 5) is 8.71. The zero-order valence-electron chi connectivity index (χ0n) is 14.9. The quantitative estimate of drug-likeness (QED) is 0.456. The zero-order valence-corrected chi connectivity index (χ0v) is 14.9. The van der Waals surface area contributed by atoms with Gasteiger partial charge in [-0.1, -0.05) is 30.3 Å². The second-order valence-corrected chi connectivity index (χ2v) is 5.96. The molecule has 0 spiro atoms. The van der Waals surface area contributed by atoms with E-state index < -0.39 is 0 Å². The number of nitrogens with one attached hydrogen (secondary N) is 1. The molecule has 0 radical (unpaired) electrons. The minimum absolute atomic E-state index is 0.392. The number of rotatable bonds is 5. The number of nitrogens with two attached hydrogens (primary N) is 2. The third-order valence-electron chi connectivity index (χ3n) is 4.14. The van der Waals surface area contributed by atoms with Gasteiger partial charge in [-0.3, -0.25) is 5.10 Å². The van der Waals surface area contributed by atoms with Gasteiger partial charge in [-0.2, -0.15) is 5.10 Å². The molecule has 2 aromatic carbocycles. The molecule has 0 fully saturated rings. The van der Waals surface area contributed by atoms with E-state index in [-0.39, 0.29) is 0 Å². The van der Waals surface area contributed by atoms with Crippen LogP contribution >= 0.6 is 0 Å². The number of nitrogens with zero attached hydrogens (tertiary/aromatic N) is 3. The number of nitrogen functional groups attached to an aromatic ring is 1. The number of para-hydroxylation sites is 1. The molecule has 7 heteroatoms. The maximum atomic E-state index is 6.09. The van der Waals surface area contributed by atoms with Gasteiger partial charge in [0.1, 0.15) is 17.0 Å². The number of benzene rings is 2. The molecule has 2 aromatic heterocycles. The second-order valence-electron chi connectivity index (χ2n) is 5.96. The van der Waals surface area contributed by atoms with E-state index in [1.807, 2.05) is 54.6 Å². The van der Waals surface area contributed by atoms with Crippen LogP contribution in [0.4, 0.5) is 11.6 Å². The van der Waals surface area contributed by atoms with Crippen LogP contribution in [-0.4, -0.2) is 21.4 Å². The van der Waals surface area contributed by atoms with Crippen molar-refractivity contribution < 1.29 is 4.74 Å². The lowest BCUT2D eigenvalue weighted by Crippen LogP contribution is -1.89. The van der Waals surface area contributed by atoms with Gasteiger partial charge in [0.15, 0.2) is 11.6 Å². The lowest BCUT2D eigenvalue weighted by molar-refractivity contribution is 0.483. The van der Waals surface area contributed by atoms with Crippen LogP contribution in [0.15, 0.2) is 78.1 Å². The van der Waals surface area contributed by atoms with Gasteiger partial charge >= 0.3 is 0 Å². The molecule has 0 aliphatic carbocycles. The number of aliphatic imine (C=N–C) groups is 1. The number of allylic oxidation sites excluding steroid dienone is 1. The molecule has 28 heavy (non-hydrogen) atoms. The van der Waals surface area contributed by atoms with E-state index in [1.54, 1.807) is 18.5 Å². The fourth-order valence-electron chi connectivity index (χ4n) is 2.85. The van der Waals surface area contributed by atoms with Gasteiger partial charge in [0.25, 0.3) is 0 Å². The minimum Gasteiger partial charge on any atom is -0.457 e. The lowest BCUT2D eigenvalue weighted by Gasteiger charge is -2.08. The van der Waals surface area contributed by atoms with Crippen molar-refractivity contribution in [2.45, 2.75) is 0 Å². The minimum atomic E-state index is 0.392. The van der Waals surface area contributed by atoms with Crippen LogP contribution in [0, 0.1) is 0 Å². The predicted molar refractivity (Wildman–Crippen MR) is 112 cm³/mol. The van der Waals surface area contributed by atoms with Gasteiger partial charge < -0.3 is 16.2 Å². The van der Waals surface area contributed by atoms with Crippen LogP contribution in [-0.2, 0) is 0 Å². The largest absolute Gasteiger partial charge is 0.457 e. The number of fused-ring (bicyclic) bond motifs is 1. The van der Waals surface area contributed by atoms with Crippen molar-refractivity contribution in [3.63, 3.8) is 0 Å². The van der Waals surface area contributed by atoms with Gasteiger partial charge in [-0.15, -0.1) is 0 Å². The third-order valence-corrected chi connectivity index (χ3v) is 4.14. The van der Waals surface area contributed by atoms with Crippen LogP contribution in [0.5, 0.6) is 11.5 Å². The molecular weight excluding hydrogens is 352 g/mol. The molecule has 5 N–H and O–H groups in total. The van der Waals surface area contributed by atoms with E-state index in [2.05, 4.69) is 20.2 Å². The Labute approximate surface area is 161 Å². The molecule has 0 saturated carbocycles. The Morgan fingerprint density at radius 1 is 1.00 bits per heavy atom. The van der Waals surface area contributed by atoms with Crippen molar-refractivity contribution in [2.24, 2.45) is 10.7 Å². The van der Waals surface area contributed by atoms with Crippen molar-refractivity contribution in [1.82, 2.24) is 15.2 Å². The van der Waals surface area contributed by atoms with Crippen molar-refractivity contribution >= 4 is 28.8 Å². The topological polar surface area (TPSA) is 115 Å².